The van der Waals surface area contributed by atoms with E-state index in [4.69, 9.17) is 5.73 Å². The van der Waals surface area contributed by atoms with Crippen LogP contribution in [0.3, 0.4) is 0 Å². The highest BCUT2D eigenvalue weighted by atomic mass is 35.5. The molecule has 138 valence electrons. The normalized spacial score (nSPS) is 15.6. The topological polar surface area (TPSA) is 93.8 Å². The van der Waals surface area contributed by atoms with E-state index in [1.54, 1.807) is 24.0 Å². The van der Waals surface area contributed by atoms with Crippen LogP contribution in [0.25, 0.3) is 10.7 Å². The maximum absolute atomic E-state index is 12.4. The summed E-state index contributed by atoms with van der Waals surface area (Å²) in [4.78, 5) is 25.0. The molecule has 1 atom stereocenters. The van der Waals surface area contributed by atoms with E-state index in [0.29, 0.717) is 28.9 Å². The molecule has 0 aliphatic heterocycles. The van der Waals surface area contributed by atoms with Crippen molar-refractivity contribution in [2.45, 2.75) is 38.1 Å². The van der Waals surface area contributed by atoms with Crippen molar-refractivity contribution in [3.05, 3.63) is 29.7 Å². The maximum atomic E-state index is 12.4. The fourth-order valence-electron chi connectivity index (χ4n) is 3.05. The summed E-state index contributed by atoms with van der Waals surface area (Å²) in [5, 5.41) is 5.52. The lowest BCUT2D eigenvalue weighted by Gasteiger charge is -2.29. The van der Waals surface area contributed by atoms with Gasteiger partial charge in [0.05, 0.1) is 6.20 Å². The summed E-state index contributed by atoms with van der Waals surface area (Å²) in [7, 11) is 0. The van der Waals surface area contributed by atoms with Gasteiger partial charge in [-0.1, -0.05) is 19.3 Å². The Hall–Kier alpha value is -1.28. The minimum absolute atomic E-state index is 0. The van der Waals surface area contributed by atoms with Crippen molar-refractivity contribution in [2.24, 2.45) is 11.7 Å². The quantitative estimate of drug-likeness (QED) is 0.799. The van der Waals surface area contributed by atoms with Crippen LogP contribution >= 0.6 is 36.2 Å². The fourth-order valence-corrected chi connectivity index (χ4v) is 3.81. The Kier molecular flexibility index (Phi) is 9.27. The molecule has 25 heavy (non-hydrogen) atoms. The first kappa shape index (κ1) is 21.8. The van der Waals surface area contributed by atoms with E-state index in [2.05, 4.69) is 20.3 Å². The van der Waals surface area contributed by atoms with Gasteiger partial charge in [0.15, 0.2) is 0 Å². The second kappa shape index (κ2) is 10.7. The molecule has 0 spiro atoms. The summed E-state index contributed by atoms with van der Waals surface area (Å²) >= 11 is 1.40. The lowest BCUT2D eigenvalue weighted by molar-refractivity contribution is 0.0911. The van der Waals surface area contributed by atoms with E-state index < -0.39 is 0 Å². The van der Waals surface area contributed by atoms with Gasteiger partial charge in [-0.25, -0.2) is 4.98 Å². The third kappa shape index (κ3) is 5.60. The number of thiazole rings is 1. The molecule has 0 saturated heterocycles. The van der Waals surface area contributed by atoms with Gasteiger partial charge in [-0.05, 0) is 18.8 Å². The van der Waals surface area contributed by atoms with Gasteiger partial charge in [0.2, 0.25) is 0 Å². The lowest BCUT2D eigenvalue weighted by Crippen LogP contribution is -2.46. The molecule has 1 amide bonds. The van der Waals surface area contributed by atoms with E-state index in [1.165, 1.54) is 30.6 Å². The standard InChI is InChI=1S/C16H21N5OS.2ClH/c17-8-12(11-4-2-1-3-5-11)20-15(22)14-10-23-16(21-14)13-9-18-6-7-19-13;;/h6-7,9-12H,1-5,8,17H2,(H,20,22);2*1H. The van der Waals surface area contributed by atoms with E-state index in [9.17, 15) is 4.79 Å². The van der Waals surface area contributed by atoms with Crippen molar-refractivity contribution in [3.63, 3.8) is 0 Å². The maximum Gasteiger partial charge on any atom is 0.271 e. The van der Waals surface area contributed by atoms with E-state index >= 15 is 0 Å². The average Bonchev–Trinajstić information content (AvgIpc) is 3.11. The predicted molar refractivity (Wildman–Crippen MR) is 105 cm³/mol. The van der Waals surface area contributed by atoms with Crippen molar-refractivity contribution < 1.29 is 4.79 Å². The second-order valence-corrected chi connectivity index (χ2v) is 6.70. The van der Waals surface area contributed by atoms with Crippen LogP contribution in [0.2, 0.25) is 0 Å². The Morgan fingerprint density at radius 3 is 2.68 bits per heavy atom. The van der Waals surface area contributed by atoms with Gasteiger partial charge in [0.25, 0.3) is 5.91 Å². The second-order valence-electron chi connectivity index (χ2n) is 5.84. The van der Waals surface area contributed by atoms with Gasteiger partial charge in [-0.3, -0.25) is 14.8 Å². The van der Waals surface area contributed by atoms with Crippen LogP contribution in [-0.4, -0.2) is 33.4 Å². The highest BCUT2D eigenvalue weighted by Crippen LogP contribution is 2.26. The summed E-state index contributed by atoms with van der Waals surface area (Å²) in [6.45, 7) is 0.470. The largest absolute Gasteiger partial charge is 0.346 e. The first-order chi connectivity index (χ1) is 11.3. The highest BCUT2D eigenvalue weighted by Gasteiger charge is 2.25. The highest BCUT2D eigenvalue weighted by molar-refractivity contribution is 7.13. The Bertz CT molecular complexity index is 649. The molecule has 1 fully saturated rings. The molecule has 0 aromatic carbocycles. The van der Waals surface area contributed by atoms with Crippen molar-refractivity contribution in [2.75, 3.05) is 6.54 Å². The number of nitrogens with two attached hydrogens (primary N) is 1. The lowest BCUT2D eigenvalue weighted by atomic mass is 9.84. The Labute approximate surface area is 163 Å². The van der Waals surface area contributed by atoms with Gasteiger partial charge in [0.1, 0.15) is 16.4 Å². The van der Waals surface area contributed by atoms with Crippen molar-refractivity contribution in [1.82, 2.24) is 20.3 Å². The molecule has 1 unspecified atom stereocenters. The Morgan fingerprint density at radius 1 is 1.28 bits per heavy atom. The summed E-state index contributed by atoms with van der Waals surface area (Å²) in [5.41, 5.74) is 6.98. The molecule has 1 saturated carbocycles. The van der Waals surface area contributed by atoms with Gasteiger partial charge in [0, 0.05) is 30.4 Å². The smallest absolute Gasteiger partial charge is 0.271 e. The number of nitrogens with one attached hydrogen (secondary N) is 1. The van der Waals surface area contributed by atoms with Crippen LogP contribution in [0, 0.1) is 5.92 Å². The molecule has 1 aliphatic carbocycles. The Morgan fingerprint density at radius 2 is 2.04 bits per heavy atom. The van der Waals surface area contributed by atoms with Crippen molar-refractivity contribution >= 4 is 42.1 Å². The van der Waals surface area contributed by atoms with Crippen LogP contribution in [0.15, 0.2) is 24.0 Å². The molecular weight excluding hydrogens is 381 g/mol. The summed E-state index contributed by atoms with van der Waals surface area (Å²) in [6, 6.07) is 0.0319. The van der Waals surface area contributed by atoms with Gasteiger partial charge in [-0.2, -0.15) is 0 Å². The first-order valence-electron chi connectivity index (χ1n) is 8.01. The number of carbonyl (C=O) groups is 1. The Balaban J connectivity index is 0.00000156. The van der Waals surface area contributed by atoms with E-state index in [-0.39, 0.29) is 36.8 Å². The number of hydrogen-bond acceptors (Lipinski definition) is 6. The number of aromatic nitrogens is 3. The third-order valence-electron chi connectivity index (χ3n) is 4.31. The molecule has 1 aliphatic rings. The zero-order valence-corrected chi connectivity index (χ0v) is 16.2. The zero-order valence-electron chi connectivity index (χ0n) is 13.8. The molecule has 9 heteroatoms. The predicted octanol–water partition coefficient (Wildman–Crippen LogP) is 3.08. The summed E-state index contributed by atoms with van der Waals surface area (Å²) in [5.74, 6) is 0.327. The average molecular weight is 404 g/mol. The molecule has 6 nitrogen and oxygen atoms in total. The van der Waals surface area contributed by atoms with E-state index in [1.807, 2.05) is 0 Å². The van der Waals surface area contributed by atoms with Gasteiger partial charge in [-0.15, -0.1) is 36.2 Å². The number of halogens is 2. The molecule has 2 aromatic rings. The number of carbonyl (C=O) groups excluding carboxylic acids is 1. The van der Waals surface area contributed by atoms with Crippen molar-refractivity contribution in [1.29, 1.82) is 0 Å². The fraction of sp³-hybridized carbons (Fsp3) is 0.500. The molecule has 3 N–H and O–H groups in total. The van der Waals surface area contributed by atoms with Crippen LogP contribution in [0.5, 0.6) is 0 Å². The van der Waals surface area contributed by atoms with Gasteiger partial charge >= 0.3 is 0 Å². The third-order valence-corrected chi connectivity index (χ3v) is 5.17. The number of rotatable bonds is 5. The van der Waals surface area contributed by atoms with Crippen LogP contribution in [0.1, 0.15) is 42.6 Å². The van der Waals surface area contributed by atoms with Crippen LogP contribution < -0.4 is 11.1 Å². The minimum Gasteiger partial charge on any atom is -0.346 e. The van der Waals surface area contributed by atoms with E-state index in [0.717, 1.165) is 12.8 Å². The first-order valence-corrected chi connectivity index (χ1v) is 8.88. The van der Waals surface area contributed by atoms with Crippen molar-refractivity contribution in [3.8, 4) is 10.7 Å². The van der Waals surface area contributed by atoms with Crippen LogP contribution in [-0.2, 0) is 0 Å². The molecule has 2 aromatic heterocycles. The monoisotopic (exact) mass is 403 g/mol. The zero-order chi connectivity index (χ0) is 16.1. The molecule has 0 bridgehead atoms. The summed E-state index contributed by atoms with van der Waals surface area (Å²) < 4.78 is 0. The summed E-state index contributed by atoms with van der Waals surface area (Å²) in [6.07, 6.45) is 10.9. The number of nitrogens with zero attached hydrogens (tertiary/aromatic N) is 3. The molecular formula is C16H23Cl2N5OS. The van der Waals surface area contributed by atoms with Crippen LogP contribution in [0.4, 0.5) is 0 Å². The SMILES string of the molecule is Cl.Cl.NCC(NC(=O)c1csc(-c2cnccn2)n1)C1CCCCC1. The number of hydrogen-bond donors (Lipinski definition) is 2. The molecule has 2 heterocycles. The minimum atomic E-state index is -0.155. The molecule has 0 radical (unpaired) electrons. The molecule has 3 rings (SSSR count). The van der Waals surface area contributed by atoms with Gasteiger partial charge < -0.3 is 11.1 Å². The number of amides is 1.